The maximum atomic E-state index is 11.1. The lowest BCUT2D eigenvalue weighted by atomic mass is 9.97. The van der Waals surface area contributed by atoms with E-state index in [4.69, 9.17) is 15.6 Å². The van der Waals surface area contributed by atoms with E-state index in [-0.39, 0.29) is 6.42 Å². The number of fused-ring (bicyclic) bond motifs is 1. The fourth-order valence-corrected chi connectivity index (χ4v) is 3.53. The first-order valence-corrected chi connectivity index (χ1v) is 9.46. The number of rotatable bonds is 7. The first-order chi connectivity index (χ1) is 14.1. The lowest BCUT2D eigenvalue weighted by Gasteiger charge is -2.13. The van der Waals surface area contributed by atoms with E-state index >= 15 is 0 Å². The molecule has 0 bridgehead atoms. The Morgan fingerprint density at radius 2 is 1.86 bits per heavy atom. The van der Waals surface area contributed by atoms with Gasteiger partial charge >= 0.3 is 5.97 Å². The second-order valence-electron chi connectivity index (χ2n) is 6.95. The van der Waals surface area contributed by atoms with E-state index in [1.165, 1.54) is 0 Å². The molecule has 3 aromatic carbocycles. The highest BCUT2D eigenvalue weighted by Gasteiger charge is 2.11. The number of carbonyl (C=O) groups is 1. The smallest absolute Gasteiger partial charge is 0.307 e. The molecule has 4 aromatic rings. The molecule has 29 heavy (non-hydrogen) atoms. The second-order valence-corrected chi connectivity index (χ2v) is 6.95. The van der Waals surface area contributed by atoms with Crippen molar-refractivity contribution in [2.24, 2.45) is 5.73 Å². The minimum absolute atomic E-state index is 0.0665. The van der Waals surface area contributed by atoms with Crippen LogP contribution < -0.4 is 10.5 Å². The van der Waals surface area contributed by atoms with Crippen molar-refractivity contribution in [1.82, 2.24) is 4.98 Å². The number of nitrogens with two attached hydrogens (primary N) is 1. The zero-order valence-corrected chi connectivity index (χ0v) is 15.9. The van der Waals surface area contributed by atoms with E-state index in [0.717, 1.165) is 33.2 Å². The SMILES string of the molecule is NCc1cccc(-c2cc(COc3ccccc3CC(=O)O)cc3[nH]ccc23)c1. The molecule has 0 atom stereocenters. The molecular formula is C24H22N2O3. The third-order valence-corrected chi connectivity index (χ3v) is 4.91. The standard InChI is InChI=1S/C24H22N2O3/c25-14-16-4-3-6-18(10-16)21-11-17(12-22-20(21)8-9-26-22)15-29-23-7-2-1-5-19(23)13-24(27)28/h1-12,26H,13-15,25H2,(H,27,28). The monoisotopic (exact) mass is 386 g/mol. The lowest BCUT2D eigenvalue weighted by Crippen LogP contribution is -2.04. The van der Waals surface area contributed by atoms with Gasteiger partial charge < -0.3 is 20.6 Å². The van der Waals surface area contributed by atoms with E-state index in [1.807, 2.05) is 30.5 Å². The van der Waals surface area contributed by atoms with Crippen molar-refractivity contribution in [3.8, 4) is 16.9 Å². The van der Waals surface area contributed by atoms with Crippen LogP contribution >= 0.6 is 0 Å². The van der Waals surface area contributed by atoms with Crippen LogP contribution in [-0.4, -0.2) is 16.1 Å². The normalized spacial score (nSPS) is 10.9. The molecule has 0 aliphatic rings. The van der Waals surface area contributed by atoms with Crippen LogP contribution in [0.15, 0.2) is 72.9 Å². The highest BCUT2D eigenvalue weighted by molar-refractivity contribution is 5.95. The van der Waals surface area contributed by atoms with Crippen LogP contribution in [0, 0.1) is 0 Å². The molecule has 4 N–H and O–H groups in total. The Bertz CT molecular complexity index is 1160. The summed E-state index contributed by atoms with van der Waals surface area (Å²) in [6.07, 6.45) is 1.86. The van der Waals surface area contributed by atoms with E-state index in [1.54, 1.807) is 12.1 Å². The Morgan fingerprint density at radius 1 is 1.00 bits per heavy atom. The summed E-state index contributed by atoms with van der Waals surface area (Å²) in [7, 11) is 0. The fourth-order valence-electron chi connectivity index (χ4n) is 3.53. The number of H-pyrrole nitrogens is 1. The number of hydrogen-bond acceptors (Lipinski definition) is 3. The Kier molecular flexibility index (Phi) is 5.31. The molecule has 0 saturated carbocycles. The summed E-state index contributed by atoms with van der Waals surface area (Å²) in [4.78, 5) is 14.4. The summed E-state index contributed by atoms with van der Waals surface area (Å²) >= 11 is 0. The number of ether oxygens (including phenoxy) is 1. The van der Waals surface area contributed by atoms with Gasteiger partial charge in [-0.15, -0.1) is 0 Å². The molecule has 4 rings (SSSR count). The second kappa shape index (κ2) is 8.20. The zero-order chi connectivity index (χ0) is 20.2. The molecule has 0 aliphatic heterocycles. The molecule has 0 amide bonds. The number of nitrogens with one attached hydrogen (secondary N) is 1. The van der Waals surface area contributed by atoms with Gasteiger partial charge in [-0.25, -0.2) is 0 Å². The number of carboxylic acid groups (broad SMARTS) is 1. The van der Waals surface area contributed by atoms with Crippen molar-refractivity contribution in [2.75, 3.05) is 0 Å². The lowest BCUT2D eigenvalue weighted by molar-refractivity contribution is -0.136. The van der Waals surface area contributed by atoms with Crippen LogP contribution in [-0.2, 0) is 24.4 Å². The molecule has 0 unspecified atom stereocenters. The molecule has 0 spiro atoms. The van der Waals surface area contributed by atoms with Gasteiger partial charge in [-0.1, -0.05) is 36.4 Å². The van der Waals surface area contributed by atoms with E-state index in [2.05, 4.69) is 35.3 Å². The number of aromatic nitrogens is 1. The van der Waals surface area contributed by atoms with Gasteiger partial charge in [-0.05, 0) is 52.6 Å². The fraction of sp³-hybridized carbons (Fsp3) is 0.125. The topological polar surface area (TPSA) is 88.3 Å². The highest BCUT2D eigenvalue weighted by Crippen LogP contribution is 2.31. The molecule has 0 aliphatic carbocycles. The molecule has 1 aromatic heterocycles. The Labute approximate surface area is 168 Å². The number of para-hydroxylation sites is 1. The van der Waals surface area contributed by atoms with Crippen molar-refractivity contribution in [1.29, 1.82) is 0 Å². The highest BCUT2D eigenvalue weighted by atomic mass is 16.5. The first-order valence-electron chi connectivity index (χ1n) is 9.46. The summed E-state index contributed by atoms with van der Waals surface area (Å²) < 4.78 is 5.99. The van der Waals surface area contributed by atoms with Crippen LogP contribution in [0.25, 0.3) is 22.0 Å². The summed E-state index contributed by atoms with van der Waals surface area (Å²) in [5.74, 6) is -0.288. The third kappa shape index (κ3) is 4.15. The summed E-state index contributed by atoms with van der Waals surface area (Å²) in [5, 5.41) is 10.2. The molecular weight excluding hydrogens is 364 g/mol. The zero-order valence-electron chi connectivity index (χ0n) is 15.9. The molecule has 0 radical (unpaired) electrons. The third-order valence-electron chi connectivity index (χ3n) is 4.91. The van der Waals surface area contributed by atoms with E-state index in [0.29, 0.717) is 24.5 Å². The van der Waals surface area contributed by atoms with Gasteiger partial charge in [-0.3, -0.25) is 4.79 Å². The molecule has 5 nitrogen and oxygen atoms in total. The maximum absolute atomic E-state index is 11.1. The van der Waals surface area contributed by atoms with Crippen LogP contribution in [0.5, 0.6) is 5.75 Å². The Balaban J connectivity index is 1.67. The van der Waals surface area contributed by atoms with Crippen LogP contribution in [0.3, 0.4) is 0 Å². The minimum atomic E-state index is -0.879. The van der Waals surface area contributed by atoms with E-state index < -0.39 is 5.97 Å². The maximum Gasteiger partial charge on any atom is 0.307 e. The molecule has 0 fully saturated rings. The number of aliphatic carboxylic acids is 1. The molecule has 1 heterocycles. The summed E-state index contributed by atoms with van der Waals surface area (Å²) in [6, 6.07) is 21.7. The Hall–Kier alpha value is -3.57. The van der Waals surface area contributed by atoms with Gasteiger partial charge in [0.05, 0.1) is 6.42 Å². The predicted octanol–water partition coefficient (Wildman–Crippen LogP) is 4.50. The number of aromatic amines is 1. The van der Waals surface area contributed by atoms with Crippen molar-refractivity contribution in [2.45, 2.75) is 19.6 Å². The Morgan fingerprint density at radius 3 is 2.69 bits per heavy atom. The minimum Gasteiger partial charge on any atom is -0.489 e. The number of benzene rings is 3. The van der Waals surface area contributed by atoms with Crippen LogP contribution in [0.4, 0.5) is 0 Å². The predicted molar refractivity (Wildman–Crippen MR) is 114 cm³/mol. The average molecular weight is 386 g/mol. The van der Waals surface area contributed by atoms with Crippen molar-refractivity contribution in [3.63, 3.8) is 0 Å². The quantitative estimate of drug-likeness (QED) is 0.436. The largest absolute Gasteiger partial charge is 0.489 e. The molecule has 0 saturated heterocycles. The van der Waals surface area contributed by atoms with Crippen LogP contribution in [0.1, 0.15) is 16.7 Å². The van der Waals surface area contributed by atoms with Gasteiger partial charge in [0, 0.05) is 29.2 Å². The summed E-state index contributed by atoms with van der Waals surface area (Å²) in [6.45, 7) is 0.836. The van der Waals surface area contributed by atoms with Gasteiger partial charge in [-0.2, -0.15) is 0 Å². The first kappa shape index (κ1) is 18.8. The average Bonchev–Trinajstić information content (AvgIpc) is 3.21. The van der Waals surface area contributed by atoms with Gasteiger partial charge in [0.25, 0.3) is 0 Å². The van der Waals surface area contributed by atoms with Gasteiger partial charge in [0.15, 0.2) is 0 Å². The summed E-state index contributed by atoms with van der Waals surface area (Å²) in [5.41, 5.74) is 11.8. The van der Waals surface area contributed by atoms with Crippen LogP contribution in [0.2, 0.25) is 0 Å². The van der Waals surface area contributed by atoms with Crippen molar-refractivity contribution in [3.05, 3.63) is 89.6 Å². The van der Waals surface area contributed by atoms with Crippen molar-refractivity contribution >= 4 is 16.9 Å². The number of carboxylic acids is 1. The molecule has 5 heteroatoms. The number of hydrogen-bond donors (Lipinski definition) is 3. The van der Waals surface area contributed by atoms with Gasteiger partial charge in [0.2, 0.25) is 0 Å². The molecule has 146 valence electrons. The van der Waals surface area contributed by atoms with E-state index in [9.17, 15) is 4.79 Å². The van der Waals surface area contributed by atoms with Gasteiger partial charge in [0.1, 0.15) is 12.4 Å². The van der Waals surface area contributed by atoms with Crippen molar-refractivity contribution < 1.29 is 14.6 Å².